The second-order valence-corrected chi connectivity index (χ2v) is 6.58. The zero-order valence-electron chi connectivity index (χ0n) is 12.0. The van der Waals surface area contributed by atoms with Gasteiger partial charge in [0.25, 0.3) is 10.0 Å². The van der Waals surface area contributed by atoms with E-state index in [1.807, 2.05) is 24.3 Å². The molecule has 0 spiro atoms. The molecule has 23 heavy (non-hydrogen) atoms. The van der Waals surface area contributed by atoms with E-state index >= 15 is 0 Å². The third-order valence-electron chi connectivity index (χ3n) is 3.34. The van der Waals surface area contributed by atoms with Crippen LogP contribution in [0.5, 0.6) is 5.75 Å². The molecular formula is C17H14N2O3S. The smallest absolute Gasteiger partial charge is 0.276 e. The van der Waals surface area contributed by atoms with Gasteiger partial charge in [-0.3, -0.25) is 0 Å². The van der Waals surface area contributed by atoms with E-state index in [2.05, 4.69) is 9.93 Å². The number of hydrogen-bond acceptors (Lipinski definition) is 4. The van der Waals surface area contributed by atoms with Crippen molar-refractivity contribution in [2.75, 3.05) is 0 Å². The Hall–Kier alpha value is -2.86. The largest absolute Gasteiger partial charge is 0.507 e. The summed E-state index contributed by atoms with van der Waals surface area (Å²) in [6, 6.07) is 18.9. The second-order valence-electron chi connectivity index (χ2n) is 4.92. The zero-order valence-corrected chi connectivity index (χ0v) is 12.9. The molecule has 116 valence electrons. The number of sulfonamides is 1. The van der Waals surface area contributed by atoms with Crippen molar-refractivity contribution in [3.05, 3.63) is 72.3 Å². The number of para-hydroxylation sites is 1. The zero-order chi connectivity index (χ0) is 16.3. The first kappa shape index (κ1) is 15.1. The van der Waals surface area contributed by atoms with E-state index in [-0.39, 0.29) is 10.6 Å². The lowest BCUT2D eigenvalue weighted by molar-refractivity contribution is 0.474. The van der Waals surface area contributed by atoms with Crippen LogP contribution < -0.4 is 4.83 Å². The number of nitrogens with zero attached hydrogens (tertiary/aromatic N) is 1. The van der Waals surface area contributed by atoms with Gasteiger partial charge in [0.05, 0.1) is 11.1 Å². The van der Waals surface area contributed by atoms with Crippen molar-refractivity contribution < 1.29 is 13.5 Å². The van der Waals surface area contributed by atoms with Gasteiger partial charge >= 0.3 is 0 Å². The number of rotatable bonds is 4. The maximum atomic E-state index is 12.3. The average Bonchev–Trinajstić information content (AvgIpc) is 2.56. The maximum absolute atomic E-state index is 12.3. The Morgan fingerprint density at radius 1 is 0.913 bits per heavy atom. The van der Waals surface area contributed by atoms with Crippen LogP contribution in [-0.4, -0.2) is 19.7 Å². The van der Waals surface area contributed by atoms with Crippen molar-refractivity contribution >= 4 is 27.0 Å². The number of phenols is 1. The van der Waals surface area contributed by atoms with Crippen LogP contribution in [0.3, 0.4) is 0 Å². The monoisotopic (exact) mass is 326 g/mol. The molecule has 0 aliphatic carbocycles. The van der Waals surface area contributed by atoms with Gasteiger partial charge in [0, 0.05) is 5.56 Å². The minimum atomic E-state index is -3.76. The lowest BCUT2D eigenvalue weighted by atomic mass is 10.1. The summed E-state index contributed by atoms with van der Waals surface area (Å²) in [6.45, 7) is 0. The van der Waals surface area contributed by atoms with E-state index in [1.165, 1.54) is 18.3 Å². The number of nitrogens with one attached hydrogen (secondary N) is 1. The SMILES string of the molecule is O=S(=O)(N/N=C/c1ccccc1O)c1ccc2ccccc2c1. The fourth-order valence-corrected chi connectivity index (χ4v) is 2.98. The highest BCUT2D eigenvalue weighted by Gasteiger charge is 2.13. The summed E-state index contributed by atoms with van der Waals surface area (Å²) < 4.78 is 24.5. The summed E-state index contributed by atoms with van der Waals surface area (Å²) in [5.41, 5.74) is 0.425. The molecule has 0 aliphatic rings. The molecule has 0 unspecified atom stereocenters. The summed E-state index contributed by atoms with van der Waals surface area (Å²) >= 11 is 0. The molecule has 5 nitrogen and oxygen atoms in total. The van der Waals surface area contributed by atoms with Gasteiger partial charge in [0.15, 0.2) is 0 Å². The number of hydrazone groups is 1. The standard InChI is InChI=1S/C17H14N2O3S/c20-17-8-4-3-7-15(17)12-18-19-23(21,22)16-10-9-13-5-1-2-6-14(13)11-16/h1-12,19-20H/b18-12+. The molecule has 0 aliphatic heterocycles. The van der Waals surface area contributed by atoms with E-state index in [0.29, 0.717) is 5.56 Å². The van der Waals surface area contributed by atoms with Gasteiger partial charge in [-0.2, -0.15) is 13.5 Å². The molecule has 3 rings (SSSR count). The Morgan fingerprint density at radius 2 is 1.61 bits per heavy atom. The molecular weight excluding hydrogens is 312 g/mol. The Labute approximate surface area is 134 Å². The highest BCUT2D eigenvalue weighted by molar-refractivity contribution is 7.89. The maximum Gasteiger partial charge on any atom is 0.276 e. The molecule has 0 amide bonds. The first-order valence-corrected chi connectivity index (χ1v) is 8.36. The summed E-state index contributed by atoms with van der Waals surface area (Å²) in [5, 5.41) is 15.1. The van der Waals surface area contributed by atoms with Crippen molar-refractivity contribution in [3.8, 4) is 5.75 Å². The summed E-state index contributed by atoms with van der Waals surface area (Å²) in [4.78, 5) is 2.28. The van der Waals surface area contributed by atoms with Crippen LogP contribution in [-0.2, 0) is 10.0 Å². The van der Waals surface area contributed by atoms with E-state index in [1.54, 1.807) is 30.3 Å². The molecule has 2 N–H and O–H groups in total. The molecule has 0 atom stereocenters. The van der Waals surface area contributed by atoms with Crippen molar-refractivity contribution in [3.63, 3.8) is 0 Å². The molecule has 6 heteroatoms. The highest BCUT2D eigenvalue weighted by atomic mass is 32.2. The highest BCUT2D eigenvalue weighted by Crippen LogP contribution is 2.19. The second kappa shape index (κ2) is 6.10. The Bertz CT molecular complexity index is 982. The van der Waals surface area contributed by atoms with Gasteiger partial charge in [-0.1, -0.05) is 42.5 Å². The van der Waals surface area contributed by atoms with E-state index in [9.17, 15) is 13.5 Å². The lowest BCUT2D eigenvalue weighted by Crippen LogP contribution is -2.18. The third kappa shape index (κ3) is 3.32. The van der Waals surface area contributed by atoms with Crippen LogP contribution in [0.2, 0.25) is 0 Å². The van der Waals surface area contributed by atoms with Gasteiger partial charge in [0.1, 0.15) is 5.75 Å². The number of hydrogen-bond donors (Lipinski definition) is 2. The topological polar surface area (TPSA) is 78.8 Å². The van der Waals surface area contributed by atoms with Gasteiger partial charge in [-0.25, -0.2) is 4.83 Å². The van der Waals surface area contributed by atoms with Crippen LogP contribution in [0.4, 0.5) is 0 Å². The molecule has 3 aromatic carbocycles. The van der Waals surface area contributed by atoms with Crippen LogP contribution in [0.15, 0.2) is 76.7 Å². The van der Waals surface area contributed by atoms with Gasteiger partial charge in [-0.15, -0.1) is 0 Å². The van der Waals surface area contributed by atoms with Crippen molar-refractivity contribution in [2.24, 2.45) is 5.10 Å². The molecule has 0 saturated carbocycles. The van der Waals surface area contributed by atoms with Crippen molar-refractivity contribution in [1.82, 2.24) is 4.83 Å². The van der Waals surface area contributed by atoms with Crippen molar-refractivity contribution in [2.45, 2.75) is 4.90 Å². The molecule has 0 fully saturated rings. The number of phenolic OH excluding ortho intramolecular Hbond substituents is 1. The van der Waals surface area contributed by atoms with Crippen LogP contribution >= 0.6 is 0 Å². The molecule has 3 aromatic rings. The normalized spacial score (nSPS) is 11.8. The van der Waals surface area contributed by atoms with Crippen LogP contribution in [0.25, 0.3) is 10.8 Å². The van der Waals surface area contributed by atoms with E-state index in [0.717, 1.165) is 10.8 Å². The van der Waals surface area contributed by atoms with E-state index < -0.39 is 10.0 Å². The molecule has 0 saturated heterocycles. The minimum absolute atomic E-state index is 0.0288. The summed E-state index contributed by atoms with van der Waals surface area (Å²) in [7, 11) is -3.76. The van der Waals surface area contributed by atoms with Crippen LogP contribution in [0, 0.1) is 0 Å². The molecule has 0 aromatic heterocycles. The molecule has 0 bridgehead atoms. The Morgan fingerprint density at radius 3 is 2.39 bits per heavy atom. The third-order valence-corrected chi connectivity index (χ3v) is 4.56. The quantitative estimate of drug-likeness (QED) is 0.571. The lowest BCUT2D eigenvalue weighted by Gasteiger charge is -2.05. The van der Waals surface area contributed by atoms with Gasteiger partial charge < -0.3 is 5.11 Å². The number of fused-ring (bicyclic) bond motifs is 1. The predicted molar refractivity (Wildman–Crippen MR) is 90.0 cm³/mol. The first-order valence-electron chi connectivity index (χ1n) is 6.88. The fraction of sp³-hybridized carbons (Fsp3) is 0. The van der Waals surface area contributed by atoms with Gasteiger partial charge in [0.2, 0.25) is 0 Å². The molecule has 0 heterocycles. The summed E-state index contributed by atoms with van der Waals surface area (Å²) in [6.07, 6.45) is 1.26. The van der Waals surface area contributed by atoms with Crippen LogP contribution in [0.1, 0.15) is 5.56 Å². The Balaban J connectivity index is 1.84. The average molecular weight is 326 g/mol. The van der Waals surface area contributed by atoms with Gasteiger partial charge in [-0.05, 0) is 35.0 Å². The predicted octanol–water partition coefficient (Wildman–Crippen LogP) is 2.86. The Kier molecular flexibility index (Phi) is 3.99. The van der Waals surface area contributed by atoms with E-state index in [4.69, 9.17) is 0 Å². The summed E-state index contributed by atoms with van der Waals surface area (Å²) in [5.74, 6) is 0.0288. The number of aromatic hydroxyl groups is 1. The first-order chi connectivity index (χ1) is 11.1. The minimum Gasteiger partial charge on any atom is -0.507 e. The van der Waals surface area contributed by atoms with Crippen molar-refractivity contribution in [1.29, 1.82) is 0 Å². The molecule has 0 radical (unpaired) electrons. The number of benzene rings is 3. The fourth-order valence-electron chi connectivity index (χ4n) is 2.15.